The Kier molecular flexibility index (Phi) is 5.72. The molecule has 110 valence electrons. The maximum Gasteiger partial charge on any atom is 0.323 e. The highest BCUT2D eigenvalue weighted by atomic mass is 35.5. The molecule has 1 aliphatic carbocycles. The van der Waals surface area contributed by atoms with Crippen molar-refractivity contribution in [2.45, 2.75) is 38.5 Å². The fraction of sp³-hybridized carbons (Fsp3) is 0.562. The Morgan fingerprint density at radius 1 is 1.20 bits per heavy atom. The van der Waals surface area contributed by atoms with E-state index in [2.05, 4.69) is 0 Å². The van der Waals surface area contributed by atoms with Crippen LogP contribution in [0.3, 0.4) is 0 Å². The summed E-state index contributed by atoms with van der Waals surface area (Å²) in [5.74, 6) is -0.0315. The Balaban J connectivity index is 1.95. The quantitative estimate of drug-likeness (QED) is 0.855. The average Bonchev–Trinajstić information content (AvgIpc) is 2.45. The zero-order valence-corrected chi connectivity index (χ0v) is 12.5. The zero-order valence-electron chi connectivity index (χ0n) is 11.7. The minimum atomic E-state index is -0.788. The van der Waals surface area contributed by atoms with Crippen LogP contribution in [-0.4, -0.2) is 24.2 Å². The molecule has 0 bridgehead atoms. The number of carboxylic acids is 1. The van der Waals surface area contributed by atoms with Crippen molar-refractivity contribution in [3.05, 3.63) is 29.3 Å². The van der Waals surface area contributed by atoms with E-state index < -0.39 is 5.97 Å². The lowest BCUT2D eigenvalue weighted by Crippen LogP contribution is -2.31. The molecule has 1 aromatic carbocycles. The monoisotopic (exact) mass is 295 g/mol. The van der Waals surface area contributed by atoms with Crippen LogP contribution in [0.2, 0.25) is 5.02 Å². The van der Waals surface area contributed by atoms with Crippen molar-refractivity contribution in [3.63, 3.8) is 0 Å². The number of hydrogen-bond acceptors (Lipinski definition) is 2. The van der Waals surface area contributed by atoms with Crippen LogP contribution in [0, 0.1) is 5.92 Å². The number of halogens is 1. The van der Waals surface area contributed by atoms with Crippen LogP contribution in [0.25, 0.3) is 0 Å². The van der Waals surface area contributed by atoms with E-state index >= 15 is 0 Å². The van der Waals surface area contributed by atoms with Crippen molar-refractivity contribution in [2.75, 3.05) is 18.0 Å². The smallest absolute Gasteiger partial charge is 0.323 e. The van der Waals surface area contributed by atoms with Crippen LogP contribution >= 0.6 is 11.6 Å². The molecule has 0 radical (unpaired) electrons. The lowest BCUT2D eigenvalue weighted by molar-refractivity contribution is -0.135. The molecule has 0 heterocycles. The van der Waals surface area contributed by atoms with Gasteiger partial charge < -0.3 is 10.0 Å². The molecule has 1 N–H and O–H groups in total. The van der Waals surface area contributed by atoms with Crippen molar-refractivity contribution < 1.29 is 9.90 Å². The SMILES string of the molecule is O=C(O)CN(CCC1CCCCC1)c1ccc(Cl)cc1. The van der Waals surface area contributed by atoms with Crippen LogP contribution in [0.4, 0.5) is 5.69 Å². The predicted octanol–water partition coefficient (Wildman–Crippen LogP) is 4.20. The number of nitrogens with zero attached hydrogens (tertiary/aromatic N) is 1. The topological polar surface area (TPSA) is 40.5 Å². The van der Waals surface area contributed by atoms with Gasteiger partial charge in [-0.05, 0) is 36.6 Å². The molecule has 1 aliphatic rings. The van der Waals surface area contributed by atoms with E-state index in [4.69, 9.17) is 16.7 Å². The molecule has 0 atom stereocenters. The number of benzene rings is 1. The molecule has 0 saturated heterocycles. The first-order valence-corrected chi connectivity index (χ1v) is 7.75. The Morgan fingerprint density at radius 3 is 2.45 bits per heavy atom. The normalized spacial score (nSPS) is 16.1. The highest BCUT2D eigenvalue weighted by Gasteiger charge is 2.16. The summed E-state index contributed by atoms with van der Waals surface area (Å²) in [6, 6.07) is 7.41. The first kappa shape index (κ1) is 15.2. The molecule has 4 heteroatoms. The van der Waals surface area contributed by atoms with Gasteiger partial charge in [-0.3, -0.25) is 4.79 Å². The fourth-order valence-electron chi connectivity index (χ4n) is 2.93. The van der Waals surface area contributed by atoms with Crippen LogP contribution in [0.1, 0.15) is 38.5 Å². The van der Waals surface area contributed by atoms with Gasteiger partial charge in [0.05, 0.1) is 0 Å². The molecule has 0 unspecified atom stereocenters. The summed E-state index contributed by atoms with van der Waals surface area (Å²) in [5, 5.41) is 9.75. The third kappa shape index (κ3) is 4.71. The molecule has 0 aliphatic heterocycles. The zero-order chi connectivity index (χ0) is 14.4. The highest BCUT2D eigenvalue weighted by molar-refractivity contribution is 6.30. The second-order valence-corrected chi connectivity index (χ2v) is 6.02. The predicted molar refractivity (Wildman–Crippen MR) is 82.5 cm³/mol. The van der Waals surface area contributed by atoms with Gasteiger partial charge in [0, 0.05) is 17.3 Å². The summed E-state index contributed by atoms with van der Waals surface area (Å²) in [5.41, 5.74) is 0.938. The number of aliphatic carboxylic acids is 1. The van der Waals surface area contributed by atoms with E-state index in [-0.39, 0.29) is 6.54 Å². The van der Waals surface area contributed by atoms with Crippen molar-refractivity contribution >= 4 is 23.3 Å². The van der Waals surface area contributed by atoms with Crippen LogP contribution in [0.5, 0.6) is 0 Å². The largest absolute Gasteiger partial charge is 0.480 e. The average molecular weight is 296 g/mol. The molecule has 1 saturated carbocycles. The Bertz CT molecular complexity index is 427. The highest BCUT2D eigenvalue weighted by Crippen LogP contribution is 2.27. The van der Waals surface area contributed by atoms with E-state index in [0.717, 1.165) is 24.6 Å². The summed E-state index contributed by atoms with van der Waals surface area (Å²) in [7, 11) is 0. The van der Waals surface area contributed by atoms with E-state index in [0.29, 0.717) is 5.02 Å². The molecular weight excluding hydrogens is 274 g/mol. The van der Waals surface area contributed by atoms with Crippen molar-refractivity contribution in [3.8, 4) is 0 Å². The molecule has 1 fully saturated rings. The number of anilines is 1. The lowest BCUT2D eigenvalue weighted by Gasteiger charge is -2.27. The Labute approximate surface area is 125 Å². The minimum absolute atomic E-state index is 0.0500. The molecule has 0 amide bonds. The van der Waals surface area contributed by atoms with Gasteiger partial charge in [-0.15, -0.1) is 0 Å². The van der Waals surface area contributed by atoms with Gasteiger partial charge in [0.2, 0.25) is 0 Å². The van der Waals surface area contributed by atoms with Gasteiger partial charge in [-0.25, -0.2) is 0 Å². The molecule has 1 aromatic rings. The molecular formula is C16H22ClNO2. The van der Waals surface area contributed by atoms with Gasteiger partial charge in [-0.2, -0.15) is 0 Å². The second kappa shape index (κ2) is 7.53. The summed E-state index contributed by atoms with van der Waals surface area (Å²) in [6.45, 7) is 0.854. The maximum absolute atomic E-state index is 11.0. The fourth-order valence-corrected chi connectivity index (χ4v) is 3.05. The molecule has 0 spiro atoms. The summed E-state index contributed by atoms with van der Waals surface area (Å²) in [6.07, 6.45) is 7.67. The van der Waals surface area contributed by atoms with E-state index in [9.17, 15) is 4.79 Å². The number of carboxylic acid groups (broad SMARTS) is 1. The summed E-state index contributed by atoms with van der Waals surface area (Å²) >= 11 is 5.89. The Hall–Kier alpha value is -1.22. The molecule has 2 rings (SSSR count). The van der Waals surface area contributed by atoms with Crippen LogP contribution in [0.15, 0.2) is 24.3 Å². The number of carbonyl (C=O) groups is 1. The third-order valence-corrected chi connectivity index (χ3v) is 4.30. The van der Waals surface area contributed by atoms with E-state index in [1.54, 1.807) is 0 Å². The summed E-state index contributed by atoms with van der Waals surface area (Å²) < 4.78 is 0. The molecule has 0 aromatic heterocycles. The van der Waals surface area contributed by atoms with Crippen molar-refractivity contribution in [1.29, 1.82) is 0 Å². The minimum Gasteiger partial charge on any atom is -0.480 e. The van der Waals surface area contributed by atoms with Gasteiger partial charge in [-0.1, -0.05) is 43.7 Å². The van der Waals surface area contributed by atoms with Crippen molar-refractivity contribution in [2.24, 2.45) is 5.92 Å². The summed E-state index contributed by atoms with van der Waals surface area (Å²) in [4.78, 5) is 13.0. The van der Waals surface area contributed by atoms with E-state index in [1.165, 1.54) is 32.1 Å². The first-order chi connectivity index (χ1) is 9.65. The maximum atomic E-state index is 11.0. The van der Waals surface area contributed by atoms with Gasteiger partial charge in [0.25, 0.3) is 0 Å². The van der Waals surface area contributed by atoms with Gasteiger partial charge in [0.15, 0.2) is 0 Å². The number of rotatable bonds is 6. The Morgan fingerprint density at radius 2 is 1.85 bits per heavy atom. The lowest BCUT2D eigenvalue weighted by atomic mass is 9.87. The second-order valence-electron chi connectivity index (χ2n) is 5.58. The first-order valence-electron chi connectivity index (χ1n) is 7.37. The molecule has 3 nitrogen and oxygen atoms in total. The van der Waals surface area contributed by atoms with Crippen LogP contribution < -0.4 is 4.90 Å². The molecule has 20 heavy (non-hydrogen) atoms. The van der Waals surface area contributed by atoms with Gasteiger partial charge >= 0.3 is 5.97 Å². The van der Waals surface area contributed by atoms with Crippen LogP contribution in [-0.2, 0) is 4.79 Å². The number of hydrogen-bond donors (Lipinski definition) is 1. The standard InChI is InChI=1S/C16H22ClNO2/c17-14-6-8-15(9-7-14)18(12-16(19)20)11-10-13-4-2-1-3-5-13/h6-9,13H,1-5,10-12H2,(H,19,20). The van der Waals surface area contributed by atoms with E-state index in [1.807, 2.05) is 29.2 Å². The van der Waals surface area contributed by atoms with Gasteiger partial charge in [0.1, 0.15) is 6.54 Å². The van der Waals surface area contributed by atoms with Crippen molar-refractivity contribution in [1.82, 2.24) is 0 Å². The third-order valence-electron chi connectivity index (χ3n) is 4.05.